The van der Waals surface area contributed by atoms with Crippen LogP contribution < -0.4 is 5.31 Å². The molecule has 0 amide bonds. The fourth-order valence-corrected chi connectivity index (χ4v) is 2.05. The number of carbonyl (C=O) groups is 1. The molecule has 0 atom stereocenters. The Morgan fingerprint density at radius 2 is 2.53 bits per heavy atom. The van der Waals surface area contributed by atoms with Gasteiger partial charge in [-0.2, -0.15) is 0 Å². The Labute approximate surface area is 105 Å². The maximum Gasteiger partial charge on any atom is 0.355 e. The first-order chi connectivity index (χ1) is 9.89. The summed E-state index contributed by atoms with van der Waals surface area (Å²) in [6, 6.07) is 5.17. The van der Waals surface area contributed by atoms with E-state index in [2.05, 4.69) is 0 Å². The summed E-state index contributed by atoms with van der Waals surface area (Å²) >= 11 is 0. The Morgan fingerprint density at radius 3 is 3.35 bits per heavy atom. The Bertz CT molecular complexity index is 741. The van der Waals surface area contributed by atoms with E-state index in [4.69, 9.17) is 10.3 Å². The number of hydrogen-bond acceptors (Lipinski definition) is 3. The second kappa shape index (κ2) is 3.89. The van der Waals surface area contributed by atoms with Crippen molar-refractivity contribution in [1.29, 1.82) is 0 Å². The van der Waals surface area contributed by atoms with E-state index in [0.29, 0.717) is 10.9 Å². The molecule has 1 aliphatic rings. The van der Waals surface area contributed by atoms with Gasteiger partial charge < -0.3 is 15.0 Å². The molecule has 0 saturated heterocycles. The van der Waals surface area contributed by atoms with E-state index in [0.717, 1.165) is 15.9 Å². The minimum absolute atomic E-state index is 0.0443. The summed E-state index contributed by atoms with van der Waals surface area (Å²) in [5, 5.41) is 1.32. The van der Waals surface area contributed by atoms with E-state index in [9.17, 15) is 4.79 Å². The monoisotopic (exact) mass is 234 g/mol. The van der Waals surface area contributed by atoms with Crippen LogP contribution in [0.4, 0.5) is 0 Å². The number of benzene rings is 1. The SMILES string of the molecule is [2H]N1Cc2cccc3c2c(c(C(=O)OCC)n3[2H])C1([2H])[2H]. The van der Waals surface area contributed by atoms with E-state index in [1.165, 1.54) is 0 Å². The predicted octanol–water partition coefficient (Wildman–Crippen LogP) is 1.95. The van der Waals surface area contributed by atoms with Crippen molar-refractivity contribution in [2.24, 2.45) is 0 Å². The van der Waals surface area contributed by atoms with Crippen LogP contribution in [0.15, 0.2) is 18.2 Å². The third kappa shape index (κ3) is 1.52. The zero-order chi connectivity index (χ0) is 15.4. The normalized spacial score (nSPS) is 21.5. The second-order valence-electron chi connectivity index (χ2n) is 3.80. The number of H-pyrrole nitrogens is 1. The first kappa shape index (κ1) is 6.81. The summed E-state index contributed by atoms with van der Waals surface area (Å²) in [6.45, 7) is -0.262. The van der Waals surface area contributed by atoms with Gasteiger partial charge in [0.25, 0.3) is 0 Å². The van der Waals surface area contributed by atoms with E-state index < -0.39 is 12.5 Å². The summed E-state index contributed by atoms with van der Waals surface area (Å²) in [5.41, 5.74) is 1.07. The quantitative estimate of drug-likeness (QED) is 0.781. The van der Waals surface area contributed by atoms with Gasteiger partial charge in [-0.25, -0.2) is 4.79 Å². The number of aromatic nitrogens is 1. The highest BCUT2D eigenvalue weighted by molar-refractivity contribution is 5.99. The summed E-state index contributed by atoms with van der Waals surface area (Å²) < 4.78 is 37.2. The average molecular weight is 234 g/mol. The van der Waals surface area contributed by atoms with Crippen molar-refractivity contribution < 1.29 is 15.1 Å². The molecule has 17 heavy (non-hydrogen) atoms. The minimum atomic E-state index is -2.15. The molecular formula is C13H14N2O2. The van der Waals surface area contributed by atoms with Crippen LogP contribution in [-0.4, -0.2) is 17.6 Å². The molecule has 0 fully saturated rings. The zero-order valence-corrected chi connectivity index (χ0v) is 9.36. The van der Waals surface area contributed by atoms with E-state index in [1.54, 1.807) is 25.1 Å². The molecule has 2 aromatic rings. The van der Waals surface area contributed by atoms with Crippen molar-refractivity contribution in [3.05, 3.63) is 35.0 Å². The molecule has 0 unspecified atom stereocenters. The third-order valence-corrected chi connectivity index (χ3v) is 2.76. The number of aromatic amines is 1. The molecule has 0 saturated carbocycles. The summed E-state index contributed by atoms with van der Waals surface area (Å²) in [7, 11) is 0. The first-order valence-electron chi connectivity index (χ1n) is 7.38. The van der Waals surface area contributed by atoms with Crippen LogP contribution in [-0.2, 0) is 17.8 Å². The van der Waals surface area contributed by atoms with Gasteiger partial charge in [-0.3, -0.25) is 0 Å². The van der Waals surface area contributed by atoms with Gasteiger partial charge in [0.2, 0.25) is 0 Å². The molecule has 4 nitrogen and oxygen atoms in total. The van der Waals surface area contributed by atoms with E-state index in [-0.39, 0.29) is 24.4 Å². The van der Waals surface area contributed by atoms with Gasteiger partial charge in [0, 0.05) is 32.2 Å². The number of carbonyl (C=O) groups excluding carboxylic acids is 1. The Hall–Kier alpha value is -1.81. The lowest BCUT2D eigenvalue weighted by molar-refractivity contribution is 0.0519. The molecule has 2 heterocycles. The molecule has 1 aromatic carbocycles. The molecule has 0 aliphatic carbocycles. The van der Waals surface area contributed by atoms with Crippen molar-refractivity contribution in [1.82, 2.24) is 10.3 Å². The van der Waals surface area contributed by atoms with Gasteiger partial charge in [0.05, 0.1) is 6.61 Å². The van der Waals surface area contributed by atoms with Crippen LogP contribution in [0, 0.1) is 0 Å². The minimum Gasteiger partial charge on any atom is -0.461 e. The van der Waals surface area contributed by atoms with Crippen molar-refractivity contribution in [2.75, 3.05) is 6.61 Å². The van der Waals surface area contributed by atoms with Crippen molar-refractivity contribution in [3.8, 4) is 0 Å². The lowest BCUT2D eigenvalue weighted by atomic mass is 10.0. The van der Waals surface area contributed by atoms with Crippen molar-refractivity contribution in [3.63, 3.8) is 0 Å². The molecule has 0 spiro atoms. The highest BCUT2D eigenvalue weighted by Gasteiger charge is 2.22. The lowest BCUT2D eigenvalue weighted by Crippen LogP contribution is -2.19. The Kier molecular flexibility index (Phi) is 1.56. The molecule has 1 aromatic heterocycles. The van der Waals surface area contributed by atoms with Crippen LogP contribution in [0.1, 0.15) is 31.3 Å². The van der Waals surface area contributed by atoms with E-state index >= 15 is 0 Å². The third-order valence-electron chi connectivity index (χ3n) is 2.76. The highest BCUT2D eigenvalue weighted by atomic mass is 16.5. The maximum atomic E-state index is 12.1. The molecule has 0 bridgehead atoms. The topological polar surface area (TPSA) is 54.1 Å². The van der Waals surface area contributed by atoms with Crippen LogP contribution in [0.2, 0.25) is 2.82 Å². The average Bonchev–Trinajstić information content (AvgIpc) is 2.73. The fourth-order valence-electron chi connectivity index (χ4n) is 2.05. The van der Waals surface area contributed by atoms with Gasteiger partial charge in [-0.1, -0.05) is 12.1 Å². The van der Waals surface area contributed by atoms with Gasteiger partial charge in [-0.15, -0.1) is 0 Å². The molecule has 2 N–H and O–H groups in total. The lowest BCUT2D eigenvalue weighted by Gasteiger charge is -2.14. The number of rotatable bonds is 2. The molecule has 0 radical (unpaired) electrons. The Balaban J connectivity index is 2.41. The number of nitrogens with one attached hydrogen (secondary N) is 2. The smallest absolute Gasteiger partial charge is 0.355 e. The molecular weight excluding hydrogens is 216 g/mol. The fraction of sp³-hybridized carbons (Fsp3) is 0.308. The molecule has 1 aliphatic heterocycles. The predicted molar refractivity (Wildman–Crippen MR) is 64.8 cm³/mol. The van der Waals surface area contributed by atoms with Gasteiger partial charge in [0.15, 0.2) is 1.41 Å². The van der Waals surface area contributed by atoms with Crippen LogP contribution in [0.25, 0.3) is 10.9 Å². The highest BCUT2D eigenvalue weighted by Crippen LogP contribution is 2.29. The standard InChI is InChI=1S/C13H14N2O2/c1-2-17-13(16)12-9-7-14-6-8-4-3-5-10(15-12)11(8)9/h3-5,14-15H,2,6-7H2,1H3/i7D2/hD2. The molecule has 4 heteroatoms. The van der Waals surface area contributed by atoms with Crippen LogP contribution >= 0.6 is 0 Å². The summed E-state index contributed by atoms with van der Waals surface area (Å²) in [4.78, 5) is 13.0. The largest absolute Gasteiger partial charge is 0.461 e. The van der Waals surface area contributed by atoms with Crippen molar-refractivity contribution >= 4 is 16.9 Å². The van der Waals surface area contributed by atoms with Crippen LogP contribution in [0.5, 0.6) is 0 Å². The number of esters is 1. The molecule has 88 valence electrons. The van der Waals surface area contributed by atoms with Crippen molar-refractivity contribution in [2.45, 2.75) is 20.0 Å². The summed E-state index contributed by atoms with van der Waals surface area (Å²) in [6.07, 6.45) is 0. The number of ether oxygens (including phenoxy) is 1. The van der Waals surface area contributed by atoms with Crippen LogP contribution in [0.3, 0.4) is 0 Å². The van der Waals surface area contributed by atoms with Gasteiger partial charge in [-0.05, 0) is 18.6 Å². The van der Waals surface area contributed by atoms with E-state index in [1.807, 2.05) is 0 Å². The Morgan fingerprint density at radius 1 is 1.65 bits per heavy atom. The molecule has 3 rings (SSSR count). The first-order valence-corrected chi connectivity index (χ1v) is 5.49. The summed E-state index contributed by atoms with van der Waals surface area (Å²) in [5.74, 6) is -0.746. The second-order valence-corrected chi connectivity index (χ2v) is 3.80. The number of hydrogen-bond donors (Lipinski definition) is 2. The van der Waals surface area contributed by atoms with Gasteiger partial charge in [0.1, 0.15) is 7.11 Å². The maximum absolute atomic E-state index is 12.1. The zero-order valence-electron chi connectivity index (χ0n) is 13.4. The van der Waals surface area contributed by atoms with Gasteiger partial charge >= 0.3 is 5.97 Å².